The number of ether oxygens (including phenoxy) is 2. The molecule has 0 heterocycles. The molecule has 2 unspecified atom stereocenters. The van der Waals surface area contributed by atoms with Crippen LogP contribution in [0, 0.1) is 0 Å². The first-order valence-electron chi connectivity index (χ1n) is 4.16. The van der Waals surface area contributed by atoms with Gasteiger partial charge in [-0.1, -0.05) is 0 Å². The molecule has 0 aliphatic rings. The molecule has 0 aromatic rings. The summed E-state index contributed by atoms with van der Waals surface area (Å²) in [5, 5.41) is 2.65. The molecule has 78 valence electrons. The minimum Gasteiger partial charge on any atom is -0.383 e. The lowest BCUT2D eigenvalue weighted by atomic mass is 10.3. The number of hydrogen-bond donors (Lipinski definition) is 2. The van der Waals surface area contributed by atoms with Gasteiger partial charge in [-0.05, 0) is 6.92 Å². The van der Waals surface area contributed by atoms with Gasteiger partial charge < -0.3 is 20.5 Å². The monoisotopic (exact) mass is 190 g/mol. The minimum atomic E-state index is -0.603. The van der Waals surface area contributed by atoms with Crippen molar-refractivity contribution in [2.75, 3.05) is 27.4 Å². The first-order valence-corrected chi connectivity index (χ1v) is 4.16. The largest absolute Gasteiger partial charge is 0.383 e. The maximum Gasteiger partial charge on any atom is 0.239 e. The van der Waals surface area contributed by atoms with Gasteiger partial charge in [-0.3, -0.25) is 4.79 Å². The zero-order chi connectivity index (χ0) is 10.3. The van der Waals surface area contributed by atoms with Crippen molar-refractivity contribution in [2.24, 2.45) is 5.73 Å². The normalized spacial score (nSPS) is 15.1. The average molecular weight is 190 g/mol. The highest BCUT2D eigenvalue weighted by atomic mass is 16.5. The first kappa shape index (κ1) is 12.3. The Morgan fingerprint density at radius 2 is 2.15 bits per heavy atom. The van der Waals surface area contributed by atoms with E-state index in [1.807, 2.05) is 6.92 Å². The Kier molecular flexibility index (Phi) is 6.48. The van der Waals surface area contributed by atoms with Gasteiger partial charge in [0.15, 0.2) is 0 Å². The number of nitrogens with two attached hydrogens (primary N) is 1. The summed E-state index contributed by atoms with van der Waals surface area (Å²) in [6.45, 7) is 2.56. The highest BCUT2D eigenvalue weighted by Crippen LogP contribution is 1.85. The molecular formula is C8H18N2O3. The predicted octanol–water partition coefficient (Wildman–Crippen LogP) is -0.889. The van der Waals surface area contributed by atoms with Crippen molar-refractivity contribution in [1.82, 2.24) is 5.32 Å². The second-order valence-corrected chi connectivity index (χ2v) is 2.85. The number of carbonyl (C=O) groups excluding carboxylic acids is 1. The third-order valence-corrected chi connectivity index (χ3v) is 1.65. The Bertz CT molecular complexity index is 152. The molecule has 0 rings (SSSR count). The molecule has 0 aliphatic heterocycles. The van der Waals surface area contributed by atoms with Crippen molar-refractivity contribution in [1.29, 1.82) is 0 Å². The summed E-state index contributed by atoms with van der Waals surface area (Å²) in [5.74, 6) is -0.217. The summed E-state index contributed by atoms with van der Waals surface area (Å²) in [6, 6.07) is -0.603. The van der Waals surface area contributed by atoms with E-state index in [1.165, 1.54) is 7.11 Å². The lowest BCUT2D eigenvalue weighted by Crippen LogP contribution is -2.45. The number of hydrogen-bond acceptors (Lipinski definition) is 4. The Labute approximate surface area is 78.6 Å². The second-order valence-electron chi connectivity index (χ2n) is 2.85. The van der Waals surface area contributed by atoms with Crippen LogP contribution >= 0.6 is 0 Å². The number of nitrogens with one attached hydrogen (secondary N) is 1. The molecule has 0 radical (unpaired) electrons. The van der Waals surface area contributed by atoms with Crippen LogP contribution in [-0.4, -0.2) is 45.4 Å². The van der Waals surface area contributed by atoms with Crippen LogP contribution in [0.25, 0.3) is 0 Å². The summed E-state index contributed by atoms with van der Waals surface area (Å²) >= 11 is 0. The average Bonchev–Trinajstić information content (AvgIpc) is 2.13. The summed E-state index contributed by atoms with van der Waals surface area (Å²) in [4.78, 5) is 11.2. The molecule has 0 spiro atoms. The van der Waals surface area contributed by atoms with Crippen LogP contribution in [0.3, 0.4) is 0 Å². The highest BCUT2D eigenvalue weighted by molar-refractivity contribution is 5.81. The van der Waals surface area contributed by atoms with Crippen LogP contribution in [-0.2, 0) is 14.3 Å². The Balaban J connectivity index is 3.61. The first-order chi connectivity index (χ1) is 6.11. The fourth-order valence-corrected chi connectivity index (χ4v) is 0.714. The van der Waals surface area contributed by atoms with E-state index in [2.05, 4.69) is 5.32 Å². The van der Waals surface area contributed by atoms with Gasteiger partial charge in [-0.15, -0.1) is 0 Å². The molecule has 1 amide bonds. The van der Waals surface area contributed by atoms with Crippen LogP contribution in [0.1, 0.15) is 6.92 Å². The molecule has 2 atom stereocenters. The van der Waals surface area contributed by atoms with Gasteiger partial charge in [0, 0.05) is 20.8 Å². The number of amides is 1. The summed E-state index contributed by atoms with van der Waals surface area (Å²) in [6.07, 6.45) is -0.00121. The van der Waals surface area contributed by atoms with Crippen LogP contribution in [0.5, 0.6) is 0 Å². The number of methoxy groups -OCH3 is 2. The van der Waals surface area contributed by atoms with Gasteiger partial charge in [0.05, 0.1) is 12.7 Å². The molecule has 0 aliphatic carbocycles. The van der Waals surface area contributed by atoms with E-state index in [0.29, 0.717) is 6.54 Å². The van der Waals surface area contributed by atoms with E-state index in [0.717, 1.165) is 0 Å². The fourth-order valence-electron chi connectivity index (χ4n) is 0.714. The molecule has 0 fully saturated rings. The van der Waals surface area contributed by atoms with Crippen molar-refractivity contribution in [3.63, 3.8) is 0 Å². The van der Waals surface area contributed by atoms with Crippen molar-refractivity contribution in [3.05, 3.63) is 0 Å². The topological polar surface area (TPSA) is 73.6 Å². The van der Waals surface area contributed by atoms with Crippen LogP contribution in [0.15, 0.2) is 0 Å². The third-order valence-electron chi connectivity index (χ3n) is 1.65. The summed E-state index contributed by atoms with van der Waals surface area (Å²) in [7, 11) is 3.09. The minimum absolute atomic E-state index is 0.00121. The molecule has 0 aromatic carbocycles. The number of carbonyl (C=O) groups is 1. The Morgan fingerprint density at radius 3 is 2.62 bits per heavy atom. The van der Waals surface area contributed by atoms with Crippen molar-refractivity contribution in [3.8, 4) is 0 Å². The van der Waals surface area contributed by atoms with Crippen molar-refractivity contribution >= 4 is 5.91 Å². The zero-order valence-electron chi connectivity index (χ0n) is 8.37. The van der Waals surface area contributed by atoms with Crippen LogP contribution in [0.2, 0.25) is 0 Å². The maximum atomic E-state index is 11.2. The molecule has 0 aromatic heterocycles. The molecule has 0 saturated heterocycles. The fraction of sp³-hybridized carbons (Fsp3) is 0.875. The Hall–Kier alpha value is -0.650. The van der Waals surface area contributed by atoms with E-state index < -0.39 is 6.04 Å². The van der Waals surface area contributed by atoms with Gasteiger partial charge in [-0.25, -0.2) is 0 Å². The molecule has 3 N–H and O–H groups in total. The third kappa shape index (κ3) is 5.57. The molecule has 0 saturated carbocycles. The molecule has 13 heavy (non-hydrogen) atoms. The molecule has 0 bridgehead atoms. The SMILES string of the molecule is COCC(N)C(=O)NCC(C)OC. The van der Waals surface area contributed by atoms with Crippen LogP contribution < -0.4 is 11.1 Å². The molecule has 5 nitrogen and oxygen atoms in total. The lowest BCUT2D eigenvalue weighted by molar-refractivity contribution is -0.123. The standard InChI is InChI=1S/C8H18N2O3/c1-6(13-3)4-10-8(11)7(9)5-12-2/h6-7H,4-5,9H2,1-3H3,(H,10,11). The number of rotatable bonds is 6. The smallest absolute Gasteiger partial charge is 0.239 e. The maximum absolute atomic E-state index is 11.2. The summed E-state index contributed by atoms with van der Waals surface area (Å²) in [5.41, 5.74) is 5.48. The van der Waals surface area contributed by atoms with Gasteiger partial charge >= 0.3 is 0 Å². The lowest BCUT2D eigenvalue weighted by Gasteiger charge is -2.14. The summed E-state index contributed by atoms with van der Waals surface area (Å²) < 4.78 is 9.69. The predicted molar refractivity (Wildman–Crippen MR) is 49.3 cm³/mol. The van der Waals surface area contributed by atoms with E-state index >= 15 is 0 Å². The van der Waals surface area contributed by atoms with Gasteiger partial charge in [0.25, 0.3) is 0 Å². The van der Waals surface area contributed by atoms with E-state index in [-0.39, 0.29) is 18.6 Å². The van der Waals surface area contributed by atoms with Gasteiger partial charge in [-0.2, -0.15) is 0 Å². The van der Waals surface area contributed by atoms with Crippen molar-refractivity contribution in [2.45, 2.75) is 19.1 Å². The van der Waals surface area contributed by atoms with E-state index in [1.54, 1.807) is 7.11 Å². The van der Waals surface area contributed by atoms with Crippen LogP contribution in [0.4, 0.5) is 0 Å². The van der Waals surface area contributed by atoms with Gasteiger partial charge in [0.1, 0.15) is 6.04 Å². The second kappa shape index (κ2) is 6.82. The quantitative estimate of drug-likeness (QED) is 0.570. The highest BCUT2D eigenvalue weighted by Gasteiger charge is 2.12. The zero-order valence-corrected chi connectivity index (χ0v) is 8.37. The van der Waals surface area contributed by atoms with Crippen molar-refractivity contribution < 1.29 is 14.3 Å². The molecule has 5 heteroatoms. The van der Waals surface area contributed by atoms with E-state index in [4.69, 9.17) is 15.2 Å². The van der Waals surface area contributed by atoms with E-state index in [9.17, 15) is 4.79 Å². The van der Waals surface area contributed by atoms with Gasteiger partial charge in [0.2, 0.25) is 5.91 Å². The Morgan fingerprint density at radius 1 is 1.54 bits per heavy atom. The molecular weight excluding hydrogens is 172 g/mol.